The highest BCUT2D eigenvalue weighted by Gasteiger charge is 2.13. The molecule has 124 valence electrons. The zero-order valence-electron chi connectivity index (χ0n) is 13.8. The predicted molar refractivity (Wildman–Crippen MR) is 91.2 cm³/mol. The first kappa shape index (κ1) is 16.3. The predicted octanol–water partition coefficient (Wildman–Crippen LogP) is 2.45. The summed E-state index contributed by atoms with van der Waals surface area (Å²) >= 11 is 0. The van der Waals surface area contributed by atoms with E-state index in [1.807, 2.05) is 47.9 Å². The normalized spacial score (nSPS) is 11.0. The number of aromatic nitrogens is 4. The highest BCUT2D eigenvalue weighted by Crippen LogP contribution is 2.25. The number of aliphatic hydroxyl groups excluding tert-OH is 1. The summed E-state index contributed by atoms with van der Waals surface area (Å²) in [7, 11) is 1.67. The van der Waals surface area contributed by atoms with Crippen molar-refractivity contribution in [3.8, 4) is 22.6 Å². The van der Waals surface area contributed by atoms with Gasteiger partial charge in [-0.3, -0.25) is 4.98 Å². The average molecular weight is 324 g/mol. The molecule has 0 atom stereocenters. The van der Waals surface area contributed by atoms with Crippen LogP contribution in [0.1, 0.15) is 11.4 Å². The number of nitrogens with zero attached hydrogens (tertiary/aromatic N) is 4. The molecule has 0 aliphatic heterocycles. The summed E-state index contributed by atoms with van der Waals surface area (Å²) < 4.78 is 7.16. The summed E-state index contributed by atoms with van der Waals surface area (Å²) in [4.78, 5) is 4.45. The number of benzene rings is 1. The van der Waals surface area contributed by atoms with Gasteiger partial charge >= 0.3 is 0 Å². The molecule has 6 heteroatoms. The van der Waals surface area contributed by atoms with Crippen molar-refractivity contribution >= 4 is 0 Å². The van der Waals surface area contributed by atoms with Crippen molar-refractivity contribution in [3.63, 3.8) is 0 Å². The standard InChI is InChI=1S/C18H20N4O2/c1-13-20-21-18(22(13)8-9-24-2)17-11-16(6-7-19-17)15-5-3-4-14(10-15)12-23/h3-7,10-11,23H,8-9,12H2,1-2H3. The van der Waals surface area contributed by atoms with Crippen molar-refractivity contribution in [1.29, 1.82) is 0 Å². The molecule has 3 aromatic rings. The van der Waals surface area contributed by atoms with E-state index in [-0.39, 0.29) is 6.61 Å². The minimum Gasteiger partial charge on any atom is -0.392 e. The van der Waals surface area contributed by atoms with Gasteiger partial charge in [0.25, 0.3) is 0 Å². The second kappa shape index (κ2) is 7.33. The van der Waals surface area contributed by atoms with Gasteiger partial charge in [-0.1, -0.05) is 18.2 Å². The fourth-order valence-corrected chi connectivity index (χ4v) is 2.60. The van der Waals surface area contributed by atoms with Gasteiger partial charge in [0, 0.05) is 19.9 Å². The van der Waals surface area contributed by atoms with E-state index in [1.165, 1.54) is 0 Å². The van der Waals surface area contributed by atoms with Crippen LogP contribution in [0.5, 0.6) is 0 Å². The quantitative estimate of drug-likeness (QED) is 0.754. The lowest BCUT2D eigenvalue weighted by atomic mass is 10.0. The van der Waals surface area contributed by atoms with E-state index in [0.717, 1.165) is 34.0 Å². The Morgan fingerprint density at radius 3 is 2.75 bits per heavy atom. The first-order valence-corrected chi connectivity index (χ1v) is 7.78. The van der Waals surface area contributed by atoms with E-state index in [2.05, 4.69) is 15.2 Å². The summed E-state index contributed by atoms with van der Waals surface area (Å²) in [5, 5.41) is 17.7. The zero-order chi connectivity index (χ0) is 16.9. The molecule has 0 spiro atoms. The van der Waals surface area contributed by atoms with E-state index in [4.69, 9.17) is 4.74 Å². The summed E-state index contributed by atoms with van der Waals surface area (Å²) in [6.45, 7) is 3.21. The van der Waals surface area contributed by atoms with Crippen molar-refractivity contribution in [2.75, 3.05) is 13.7 Å². The maximum absolute atomic E-state index is 9.32. The summed E-state index contributed by atoms with van der Waals surface area (Å²) in [5.74, 6) is 1.56. The van der Waals surface area contributed by atoms with Gasteiger partial charge < -0.3 is 14.4 Å². The lowest BCUT2D eigenvalue weighted by Gasteiger charge is -2.09. The Balaban J connectivity index is 1.99. The van der Waals surface area contributed by atoms with E-state index in [0.29, 0.717) is 13.2 Å². The van der Waals surface area contributed by atoms with Crippen LogP contribution in [0.2, 0.25) is 0 Å². The number of aryl methyl sites for hydroxylation is 1. The van der Waals surface area contributed by atoms with Crippen molar-refractivity contribution in [3.05, 3.63) is 54.0 Å². The number of methoxy groups -OCH3 is 1. The summed E-state index contributed by atoms with van der Waals surface area (Å²) in [6.07, 6.45) is 1.76. The average Bonchev–Trinajstić information content (AvgIpc) is 3.00. The van der Waals surface area contributed by atoms with Crippen LogP contribution >= 0.6 is 0 Å². The Labute approximate surface area is 140 Å². The van der Waals surface area contributed by atoms with E-state index in [1.54, 1.807) is 13.3 Å². The molecular weight excluding hydrogens is 304 g/mol. The molecule has 0 unspecified atom stereocenters. The van der Waals surface area contributed by atoms with Crippen LogP contribution in [-0.4, -0.2) is 38.6 Å². The molecule has 0 bridgehead atoms. The monoisotopic (exact) mass is 324 g/mol. The molecule has 0 saturated heterocycles. The lowest BCUT2D eigenvalue weighted by Crippen LogP contribution is -2.08. The van der Waals surface area contributed by atoms with Gasteiger partial charge in [0.1, 0.15) is 11.5 Å². The van der Waals surface area contributed by atoms with Crippen LogP contribution < -0.4 is 0 Å². The van der Waals surface area contributed by atoms with E-state index >= 15 is 0 Å². The Kier molecular flexibility index (Phi) is 4.98. The number of hydrogen-bond donors (Lipinski definition) is 1. The van der Waals surface area contributed by atoms with Crippen LogP contribution in [0.4, 0.5) is 0 Å². The van der Waals surface area contributed by atoms with Gasteiger partial charge in [-0.2, -0.15) is 0 Å². The minimum atomic E-state index is 0.0241. The molecule has 0 radical (unpaired) electrons. The number of rotatable bonds is 6. The minimum absolute atomic E-state index is 0.0241. The van der Waals surface area contributed by atoms with E-state index in [9.17, 15) is 5.11 Å². The molecule has 0 aliphatic carbocycles. The molecule has 0 fully saturated rings. The van der Waals surface area contributed by atoms with Crippen molar-refractivity contribution in [2.24, 2.45) is 0 Å². The van der Waals surface area contributed by atoms with Crippen molar-refractivity contribution in [2.45, 2.75) is 20.1 Å². The summed E-state index contributed by atoms with van der Waals surface area (Å²) in [6, 6.07) is 11.8. The second-order valence-corrected chi connectivity index (χ2v) is 5.50. The third-order valence-electron chi connectivity index (χ3n) is 3.89. The molecule has 0 amide bonds. The van der Waals surface area contributed by atoms with Gasteiger partial charge in [-0.25, -0.2) is 0 Å². The highest BCUT2D eigenvalue weighted by molar-refractivity contribution is 5.68. The second-order valence-electron chi connectivity index (χ2n) is 5.50. The van der Waals surface area contributed by atoms with Crippen molar-refractivity contribution < 1.29 is 9.84 Å². The molecule has 1 N–H and O–H groups in total. The molecule has 6 nitrogen and oxygen atoms in total. The molecule has 3 rings (SSSR count). The fraction of sp³-hybridized carbons (Fsp3) is 0.278. The van der Waals surface area contributed by atoms with Gasteiger partial charge in [-0.15, -0.1) is 10.2 Å². The topological polar surface area (TPSA) is 73.1 Å². The Morgan fingerprint density at radius 1 is 1.12 bits per heavy atom. The number of ether oxygens (including phenoxy) is 1. The molecular formula is C18H20N4O2. The van der Waals surface area contributed by atoms with Gasteiger partial charge in [-0.05, 0) is 41.8 Å². The maximum Gasteiger partial charge on any atom is 0.182 e. The zero-order valence-corrected chi connectivity index (χ0v) is 13.8. The van der Waals surface area contributed by atoms with Crippen LogP contribution in [-0.2, 0) is 17.9 Å². The third kappa shape index (κ3) is 3.34. The Bertz CT molecular complexity index is 829. The first-order chi connectivity index (χ1) is 11.7. The van der Waals surface area contributed by atoms with E-state index < -0.39 is 0 Å². The summed E-state index contributed by atoms with van der Waals surface area (Å²) in [5.41, 5.74) is 3.70. The van der Waals surface area contributed by atoms with Gasteiger partial charge in [0.2, 0.25) is 0 Å². The van der Waals surface area contributed by atoms with Crippen LogP contribution in [0, 0.1) is 6.92 Å². The van der Waals surface area contributed by atoms with Gasteiger partial charge in [0.05, 0.1) is 13.2 Å². The molecule has 24 heavy (non-hydrogen) atoms. The highest BCUT2D eigenvalue weighted by atomic mass is 16.5. The molecule has 0 saturated carbocycles. The van der Waals surface area contributed by atoms with Crippen LogP contribution in [0.25, 0.3) is 22.6 Å². The fourth-order valence-electron chi connectivity index (χ4n) is 2.60. The third-order valence-corrected chi connectivity index (χ3v) is 3.89. The number of aliphatic hydroxyl groups is 1. The molecule has 0 aliphatic rings. The Hall–Kier alpha value is -2.57. The SMILES string of the molecule is COCCn1c(C)nnc1-c1cc(-c2cccc(CO)c2)ccn1. The molecule has 2 heterocycles. The molecule has 1 aromatic carbocycles. The number of pyridine rings is 1. The molecule has 2 aromatic heterocycles. The first-order valence-electron chi connectivity index (χ1n) is 7.78. The largest absolute Gasteiger partial charge is 0.392 e. The smallest absolute Gasteiger partial charge is 0.182 e. The number of hydrogen-bond acceptors (Lipinski definition) is 5. The van der Waals surface area contributed by atoms with Crippen LogP contribution in [0.15, 0.2) is 42.6 Å². The Morgan fingerprint density at radius 2 is 1.96 bits per heavy atom. The lowest BCUT2D eigenvalue weighted by molar-refractivity contribution is 0.187. The maximum atomic E-state index is 9.32. The van der Waals surface area contributed by atoms with Crippen LogP contribution in [0.3, 0.4) is 0 Å². The van der Waals surface area contributed by atoms with Gasteiger partial charge in [0.15, 0.2) is 5.82 Å². The van der Waals surface area contributed by atoms with Crippen molar-refractivity contribution in [1.82, 2.24) is 19.7 Å².